The lowest BCUT2D eigenvalue weighted by molar-refractivity contribution is 1.36. The smallest absolute Gasteiger partial charge is 0.0381 e. The molecule has 0 spiro atoms. The summed E-state index contributed by atoms with van der Waals surface area (Å²) in [6.07, 6.45) is 1.96. The maximum atomic E-state index is 5.54. The molecule has 0 aromatic heterocycles. The lowest BCUT2D eigenvalue weighted by Crippen LogP contribution is -1.89. The van der Waals surface area contributed by atoms with Crippen LogP contribution in [0.4, 0.5) is 11.4 Å². The number of nitrogen functional groups attached to an aromatic ring is 1. The van der Waals surface area contributed by atoms with Crippen molar-refractivity contribution >= 4 is 11.4 Å². The third kappa shape index (κ3) is 2.66. The quantitative estimate of drug-likeness (QED) is 0.656. The summed E-state index contributed by atoms with van der Waals surface area (Å²) in [6, 6.07) is 7.66. The van der Waals surface area contributed by atoms with E-state index in [2.05, 4.69) is 5.32 Å². The summed E-state index contributed by atoms with van der Waals surface area (Å²) >= 11 is 0. The molecule has 0 saturated heterocycles. The number of benzene rings is 1. The molecule has 0 aliphatic heterocycles. The Morgan fingerprint density at radius 3 is 2.33 bits per heavy atom. The van der Waals surface area contributed by atoms with E-state index in [-0.39, 0.29) is 0 Å². The fraction of sp³-hybridized carbons (Fsp3) is 0.200. The van der Waals surface area contributed by atoms with Gasteiger partial charge in [0, 0.05) is 11.4 Å². The molecule has 3 N–H and O–H groups in total. The first-order chi connectivity index (χ1) is 5.68. The van der Waals surface area contributed by atoms with E-state index >= 15 is 0 Å². The molecule has 0 aliphatic rings. The maximum absolute atomic E-state index is 5.54. The molecular weight excluding hydrogens is 148 g/mol. The summed E-state index contributed by atoms with van der Waals surface area (Å²) in [4.78, 5) is 0. The van der Waals surface area contributed by atoms with Gasteiger partial charge in [0.05, 0.1) is 0 Å². The van der Waals surface area contributed by atoms with Crippen LogP contribution in [0.3, 0.4) is 0 Å². The molecule has 1 aromatic rings. The van der Waals surface area contributed by atoms with Crippen LogP contribution in [0, 0.1) is 0 Å². The van der Waals surface area contributed by atoms with Gasteiger partial charge < -0.3 is 11.1 Å². The topological polar surface area (TPSA) is 38.0 Å². The number of nitrogens with two attached hydrogens (primary N) is 1. The van der Waals surface area contributed by atoms with Crippen LogP contribution in [0.2, 0.25) is 0 Å². The summed E-state index contributed by atoms with van der Waals surface area (Å²) in [5.41, 5.74) is 8.63. The lowest BCUT2D eigenvalue weighted by Gasteiger charge is -2.01. The van der Waals surface area contributed by atoms with E-state index in [1.54, 1.807) is 0 Å². The standard InChI is InChI=1S/C10H14N2/c1-8(2)7-12-10-5-3-9(11)4-6-10/h3-7,12H,11H2,1-2H3. The van der Waals surface area contributed by atoms with E-state index in [0.717, 1.165) is 11.4 Å². The Kier molecular flexibility index (Phi) is 2.75. The zero-order valence-electron chi connectivity index (χ0n) is 7.46. The van der Waals surface area contributed by atoms with Gasteiger partial charge in [-0.05, 0) is 44.3 Å². The molecule has 0 fully saturated rings. The number of nitrogens with one attached hydrogen (secondary N) is 1. The predicted molar refractivity (Wildman–Crippen MR) is 53.9 cm³/mol. The Hall–Kier alpha value is -1.44. The monoisotopic (exact) mass is 162 g/mol. The van der Waals surface area contributed by atoms with Crippen molar-refractivity contribution in [3.8, 4) is 0 Å². The first-order valence-electron chi connectivity index (χ1n) is 3.94. The fourth-order valence-corrected chi connectivity index (χ4v) is 0.807. The number of rotatable bonds is 2. The van der Waals surface area contributed by atoms with E-state index in [9.17, 15) is 0 Å². The van der Waals surface area contributed by atoms with Gasteiger partial charge in [0.15, 0.2) is 0 Å². The van der Waals surface area contributed by atoms with Crippen molar-refractivity contribution in [1.29, 1.82) is 0 Å². The summed E-state index contributed by atoms with van der Waals surface area (Å²) in [6.45, 7) is 4.09. The van der Waals surface area contributed by atoms with Gasteiger partial charge in [-0.15, -0.1) is 0 Å². The van der Waals surface area contributed by atoms with Gasteiger partial charge in [-0.3, -0.25) is 0 Å². The van der Waals surface area contributed by atoms with E-state index < -0.39 is 0 Å². The third-order valence-electron chi connectivity index (χ3n) is 1.44. The van der Waals surface area contributed by atoms with Gasteiger partial charge in [0.1, 0.15) is 0 Å². The van der Waals surface area contributed by atoms with Crippen LogP contribution < -0.4 is 11.1 Å². The predicted octanol–water partition coefficient (Wildman–Crippen LogP) is 2.60. The summed E-state index contributed by atoms with van der Waals surface area (Å²) in [5.74, 6) is 0. The van der Waals surface area contributed by atoms with E-state index in [1.165, 1.54) is 5.57 Å². The van der Waals surface area contributed by atoms with Crippen molar-refractivity contribution in [3.63, 3.8) is 0 Å². The molecule has 0 aliphatic carbocycles. The van der Waals surface area contributed by atoms with E-state index in [4.69, 9.17) is 5.73 Å². The molecule has 2 nitrogen and oxygen atoms in total. The molecule has 0 unspecified atom stereocenters. The molecule has 0 radical (unpaired) electrons. The SMILES string of the molecule is CC(C)=CNc1ccc(N)cc1. The first kappa shape index (κ1) is 8.65. The van der Waals surface area contributed by atoms with Gasteiger partial charge in [0.2, 0.25) is 0 Å². The average molecular weight is 162 g/mol. The van der Waals surface area contributed by atoms with E-state index in [1.807, 2.05) is 44.3 Å². The third-order valence-corrected chi connectivity index (χ3v) is 1.44. The highest BCUT2D eigenvalue weighted by Crippen LogP contribution is 2.10. The Balaban J connectivity index is 2.65. The van der Waals surface area contributed by atoms with Crippen LogP contribution in [-0.4, -0.2) is 0 Å². The summed E-state index contributed by atoms with van der Waals surface area (Å²) < 4.78 is 0. The zero-order chi connectivity index (χ0) is 8.97. The van der Waals surface area contributed by atoms with Crippen molar-refractivity contribution in [2.75, 3.05) is 11.1 Å². The maximum Gasteiger partial charge on any atom is 0.0381 e. The summed E-state index contributed by atoms with van der Waals surface area (Å²) in [7, 11) is 0. The Morgan fingerprint density at radius 1 is 1.25 bits per heavy atom. The van der Waals surface area contributed by atoms with Crippen LogP contribution in [0.1, 0.15) is 13.8 Å². The molecule has 0 bridgehead atoms. The molecule has 2 heteroatoms. The minimum absolute atomic E-state index is 0.790. The van der Waals surface area contributed by atoms with Crippen molar-refractivity contribution in [1.82, 2.24) is 0 Å². The molecule has 12 heavy (non-hydrogen) atoms. The highest BCUT2D eigenvalue weighted by atomic mass is 14.8. The van der Waals surface area contributed by atoms with Crippen molar-refractivity contribution in [2.24, 2.45) is 0 Å². The van der Waals surface area contributed by atoms with Crippen LogP contribution in [0.5, 0.6) is 0 Å². The molecule has 0 amide bonds. The average Bonchev–Trinajstić information content (AvgIpc) is 2.03. The fourth-order valence-electron chi connectivity index (χ4n) is 0.807. The van der Waals surface area contributed by atoms with Gasteiger partial charge in [-0.2, -0.15) is 0 Å². The minimum atomic E-state index is 0.790. The second-order valence-corrected chi connectivity index (χ2v) is 2.99. The number of hydrogen-bond acceptors (Lipinski definition) is 2. The molecule has 64 valence electrons. The highest BCUT2D eigenvalue weighted by Gasteiger charge is 1.87. The molecule has 0 saturated carbocycles. The van der Waals surface area contributed by atoms with Crippen LogP contribution in [-0.2, 0) is 0 Å². The largest absolute Gasteiger partial charge is 0.399 e. The van der Waals surface area contributed by atoms with Gasteiger partial charge >= 0.3 is 0 Å². The van der Waals surface area contributed by atoms with Crippen LogP contribution >= 0.6 is 0 Å². The van der Waals surface area contributed by atoms with Crippen LogP contribution in [0.15, 0.2) is 36.0 Å². The van der Waals surface area contributed by atoms with Gasteiger partial charge in [0.25, 0.3) is 0 Å². The summed E-state index contributed by atoms with van der Waals surface area (Å²) in [5, 5.41) is 3.15. The first-order valence-corrected chi connectivity index (χ1v) is 3.94. The second-order valence-electron chi connectivity index (χ2n) is 2.99. The number of hydrogen-bond donors (Lipinski definition) is 2. The highest BCUT2D eigenvalue weighted by molar-refractivity contribution is 5.52. The van der Waals surface area contributed by atoms with Crippen molar-refractivity contribution in [3.05, 3.63) is 36.0 Å². The molecular formula is C10H14N2. The van der Waals surface area contributed by atoms with Crippen molar-refractivity contribution < 1.29 is 0 Å². The van der Waals surface area contributed by atoms with Gasteiger partial charge in [-0.25, -0.2) is 0 Å². The lowest BCUT2D eigenvalue weighted by atomic mass is 10.3. The normalized spacial score (nSPS) is 9.17. The molecule has 0 atom stereocenters. The Labute approximate surface area is 73.1 Å². The zero-order valence-corrected chi connectivity index (χ0v) is 7.46. The molecule has 1 aromatic carbocycles. The van der Waals surface area contributed by atoms with E-state index in [0.29, 0.717) is 0 Å². The Bertz CT molecular complexity index is 268. The number of allylic oxidation sites excluding steroid dienone is 1. The number of anilines is 2. The van der Waals surface area contributed by atoms with Crippen LogP contribution in [0.25, 0.3) is 0 Å². The molecule has 0 heterocycles. The minimum Gasteiger partial charge on any atom is -0.399 e. The molecule has 1 rings (SSSR count). The van der Waals surface area contributed by atoms with Crippen molar-refractivity contribution in [2.45, 2.75) is 13.8 Å². The van der Waals surface area contributed by atoms with Gasteiger partial charge in [-0.1, -0.05) is 5.57 Å². The second kappa shape index (κ2) is 3.81. The Morgan fingerprint density at radius 2 is 1.83 bits per heavy atom.